The fourth-order valence-electron chi connectivity index (χ4n) is 3.25. The van der Waals surface area contributed by atoms with Crippen LogP contribution in [0.4, 0.5) is 0 Å². The molecule has 0 bridgehead atoms. The number of hydrogen-bond donors (Lipinski definition) is 1. The molecule has 3 rings (SSSR count). The van der Waals surface area contributed by atoms with Gasteiger partial charge < -0.3 is 5.32 Å². The van der Waals surface area contributed by atoms with Crippen molar-refractivity contribution < 1.29 is 9.59 Å². The van der Waals surface area contributed by atoms with Crippen LogP contribution in [0.2, 0.25) is 0 Å². The molecule has 2 aromatic heterocycles. The van der Waals surface area contributed by atoms with Gasteiger partial charge in [-0.15, -0.1) is 0 Å². The predicted octanol–water partition coefficient (Wildman–Crippen LogP) is 3.34. The summed E-state index contributed by atoms with van der Waals surface area (Å²) in [6.45, 7) is 13.7. The van der Waals surface area contributed by atoms with E-state index < -0.39 is 5.92 Å². The van der Waals surface area contributed by atoms with Gasteiger partial charge in [0.25, 0.3) is 11.8 Å². The minimum atomic E-state index is -0.441. The molecule has 1 atom stereocenters. The van der Waals surface area contributed by atoms with Gasteiger partial charge in [-0.1, -0.05) is 12.2 Å². The monoisotopic (exact) mass is 379 g/mol. The van der Waals surface area contributed by atoms with Crippen LogP contribution in [-0.2, 0) is 4.79 Å². The first kappa shape index (κ1) is 19.7. The van der Waals surface area contributed by atoms with Gasteiger partial charge >= 0.3 is 0 Å². The third-order valence-electron chi connectivity index (χ3n) is 4.78. The van der Waals surface area contributed by atoms with Gasteiger partial charge in [0.15, 0.2) is 5.65 Å². The molecule has 0 saturated carbocycles. The highest BCUT2D eigenvalue weighted by molar-refractivity contribution is 6.07. The molecular weight excluding hydrogens is 354 g/mol. The zero-order valence-corrected chi connectivity index (χ0v) is 16.9. The average molecular weight is 379 g/mol. The second-order valence-electron chi connectivity index (χ2n) is 7.50. The van der Waals surface area contributed by atoms with Crippen LogP contribution in [0.15, 0.2) is 35.5 Å². The number of nitrogens with one attached hydrogen (secondary N) is 1. The van der Waals surface area contributed by atoms with Gasteiger partial charge in [-0.05, 0) is 52.3 Å². The Morgan fingerprint density at radius 1 is 1.36 bits per heavy atom. The molecule has 7 nitrogen and oxygen atoms in total. The largest absolute Gasteiger partial charge is 0.351 e. The summed E-state index contributed by atoms with van der Waals surface area (Å²) in [6.07, 6.45) is 3.53. The number of allylic oxidation sites excluding steroid dienone is 2. The number of amides is 2. The highest BCUT2D eigenvalue weighted by atomic mass is 16.2. The molecule has 1 aliphatic rings. The van der Waals surface area contributed by atoms with E-state index in [0.29, 0.717) is 28.0 Å². The van der Waals surface area contributed by atoms with Crippen LogP contribution < -0.4 is 5.32 Å². The van der Waals surface area contributed by atoms with E-state index >= 15 is 0 Å². The topological polar surface area (TPSA) is 89.2 Å². The van der Waals surface area contributed by atoms with Gasteiger partial charge in [-0.3, -0.25) is 9.59 Å². The van der Waals surface area contributed by atoms with Gasteiger partial charge in [0.05, 0.1) is 28.8 Å². The van der Waals surface area contributed by atoms with Crippen LogP contribution in [0, 0.1) is 5.92 Å². The van der Waals surface area contributed by atoms with E-state index in [1.54, 1.807) is 23.9 Å². The van der Waals surface area contributed by atoms with Crippen molar-refractivity contribution in [3.05, 3.63) is 41.7 Å². The Balaban J connectivity index is 1.92. The lowest BCUT2D eigenvalue weighted by Gasteiger charge is -2.19. The Morgan fingerprint density at radius 3 is 2.68 bits per heavy atom. The lowest BCUT2D eigenvalue weighted by atomic mass is 9.95. The van der Waals surface area contributed by atoms with Crippen LogP contribution >= 0.6 is 0 Å². The SMILES string of the molecule is C=C(C)c1cc(C(=O)NCC2C(=O)N=C(C)C=C2C)c2cnn(C(C)C)c2n1. The molecule has 146 valence electrons. The summed E-state index contributed by atoms with van der Waals surface area (Å²) in [5.41, 5.74) is 4.11. The van der Waals surface area contributed by atoms with Crippen molar-refractivity contribution in [1.82, 2.24) is 20.1 Å². The number of nitrogens with zero attached hydrogens (tertiary/aromatic N) is 4. The molecule has 0 fully saturated rings. The van der Waals surface area contributed by atoms with Crippen LogP contribution in [-0.4, -0.2) is 38.8 Å². The fourth-order valence-corrected chi connectivity index (χ4v) is 3.25. The van der Waals surface area contributed by atoms with Crippen molar-refractivity contribution in [3.63, 3.8) is 0 Å². The minimum Gasteiger partial charge on any atom is -0.351 e. The number of rotatable bonds is 5. The lowest BCUT2D eigenvalue weighted by Crippen LogP contribution is -2.34. The first-order valence-electron chi connectivity index (χ1n) is 9.28. The van der Waals surface area contributed by atoms with E-state index in [2.05, 4.69) is 27.0 Å². The Morgan fingerprint density at radius 2 is 2.07 bits per heavy atom. The molecule has 1 unspecified atom stereocenters. The number of dihydropyridines is 1. The summed E-state index contributed by atoms with van der Waals surface area (Å²) >= 11 is 0. The number of carbonyl (C=O) groups excluding carboxylic acids is 2. The number of carbonyl (C=O) groups is 2. The first-order chi connectivity index (χ1) is 13.2. The smallest absolute Gasteiger partial charge is 0.254 e. The number of fused-ring (bicyclic) bond motifs is 1. The molecule has 7 heteroatoms. The quantitative estimate of drug-likeness (QED) is 0.863. The molecule has 3 heterocycles. The number of pyridine rings is 1. The van der Waals surface area contributed by atoms with Crippen molar-refractivity contribution in [2.24, 2.45) is 10.9 Å². The number of hydrogen-bond acceptors (Lipinski definition) is 4. The maximum atomic E-state index is 13.0. The second kappa shape index (κ2) is 7.50. The number of aromatic nitrogens is 3. The van der Waals surface area contributed by atoms with Gasteiger partial charge in [0, 0.05) is 18.3 Å². The van der Waals surface area contributed by atoms with E-state index in [9.17, 15) is 9.59 Å². The van der Waals surface area contributed by atoms with E-state index in [1.165, 1.54) is 0 Å². The van der Waals surface area contributed by atoms with Gasteiger partial charge in [0.2, 0.25) is 0 Å². The Kier molecular flexibility index (Phi) is 5.27. The van der Waals surface area contributed by atoms with Crippen molar-refractivity contribution in [2.75, 3.05) is 6.54 Å². The molecule has 28 heavy (non-hydrogen) atoms. The van der Waals surface area contributed by atoms with Gasteiger partial charge in [0.1, 0.15) is 0 Å². The summed E-state index contributed by atoms with van der Waals surface area (Å²) in [7, 11) is 0. The summed E-state index contributed by atoms with van der Waals surface area (Å²) in [6, 6.07) is 1.83. The van der Waals surface area contributed by atoms with Crippen molar-refractivity contribution in [3.8, 4) is 0 Å². The predicted molar refractivity (Wildman–Crippen MR) is 110 cm³/mol. The van der Waals surface area contributed by atoms with E-state index in [4.69, 9.17) is 0 Å². The summed E-state index contributed by atoms with van der Waals surface area (Å²) < 4.78 is 1.79. The van der Waals surface area contributed by atoms with Crippen molar-refractivity contribution >= 4 is 34.1 Å². The Labute approximate surface area is 164 Å². The van der Waals surface area contributed by atoms with Gasteiger partial charge in [-0.25, -0.2) is 14.7 Å². The Hall–Kier alpha value is -3.09. The van der Waals surface area contributed by atoms with Crippen LogP contribution in [0.3, 0.4) is 0 Å². The third kappa shape index (κ3) is 3.65. The van der Waals surface area contributed by atoms with Crippen LogP contribution in [0.5, 0.6) is 0 Å². The summed E-state index contributed by atoms with van der Waals surface area (Å²) in [5.74, 6) is -0.943. The molecule has 0 aliphatic carbocycles. The van der Waals surface area contributed by atoms with E-state index in [-0.39, 0.29) is 24.4 Å². The summed E-state index contributed by atoms with van der Waals surface area (Å²) in [4.78, 5) is 33.8. The molecule has 0 saturated heterocycles. The van der Waals surface area contributed by atoms with Crippen molar-refractivity contribution in [2.45, 2.75) is 40.7 Å². The Bertz CT molecular complexity index is 1040. The molecule has 0 aromatic carbocycles. The molecule has 1 aliphatic heterocycles. The standard InChI is InChI=1S/C21H25N5O2/c1-11(2)18-8-15(17-10-23-26(12(3)4)19(17)25-18)20(27)22-9-16-13(5)7-14(6)24-21(16)28/h7-8,10,12,16H,1,9H2,2-6H3,(H,22,27). The van der Waals surface area contributed by atoms with Crippen LogP contribution in [0.1, 0.15) is 56.7 Å². The highest BCUT2D eigenvalue weighted by Crippen LogP contribution is 2.24. The molecule has 0 radical (unpaired) electrons. The molecule has 2 amide bonds. The third-order valence-corrected chi connectivity index (χ3v) is 4.78. The maximum Gasteiger partial charge on any atom is 0.254 e. The lowest BCUT2D eigenvalue weighted by molar-refractivity contribution is -0.120. The summed E-state index contributed by atoms with van der Waals surface area (Å²) in [5, 5.41) is 7.93. The zero-order chi connectivity index (χ0) is 20.6. The molecule has 0 spiro atoms. The normalized spacial score (nSPS) is 16.9. The fraction of sp³-hybridized carbons (Fsp3) is 0.381. The molecule has 2 aromatic rings. The van der Waals surface area contributed by atoms with E-state index in [1.807, 2.05) is 33.8 Å². The maximum absolute atomic E-state index is 13.0. The van der Waals surface area contributed by atoms with Gasteiger partial charge in [-0.2, -0.15) is 5.10 Å². The minimum absolute atomic E-state index is 0.107. The molecular formula is C21H25N5O2. The van der Waals surface area contributed by atoms with Crippen LogP contribution in [0.25, 0.3) is 16.6 Å². The van der Waals surface area contributed by atoms with E-state index in [0.717, 1.165) is 11.1 Å². The zero-order valence-electron chi connectivity index (χ0n) is 16.9. The highest BCUT2D eigenvalue weighted by Gasteiger charge is 2.25. The number of aliphatic imine (C=N–C) groups is 1. The average Bonchev–Trinajstić information content (AvgIpc) is 3.03. The second-order valence-corrected chi connectivity index (χ2v) is 7.50. The molecule has 1 N–H and O–H groups in total. The first-order valence-corrected chi connectivity index (χ1v) is 9.28. The van der Waals surface area contributed by atoms with Crippen molar-refractivity contribution in [1.29, 1.82) is 0 Å².